The average molecular weight is 584 g/mol. The van der Waals surface area contributed by atoms with Crippen LogP contribution in [0, 0.1) is 17.7 Å². The number of nitrogens with one attached hydrogen (secondary N) is 2. The second-order valence-corrected chi connectivity index (χ2v) is 10.1. The van der Waals surface area contributed by atoms with Gasteiger partial charge in [0.15, 0.2) is 23.0 Å². The summed E-state index contributed by atoms with van der Waals surface area (Å²) < 4.78 is 42.1. The number of aromatic nitrogens is 2. The van der Waals surface area contributed by atoms with E-state index in [9.17, 15) is 28.7 Å². The van der Waals surface area contributed by atoms with Gasteiger partial charge in [0, 0.05) is 24.8 Å². The Balaban J connectivity index is 1.40. The Hall–Kier alpha value is -5.01. The molecule has 220 valence electrons. The summed E-state index contributed by atoms with van der Waals surface area (Å²) in [5.41, 5.74) is -0.0514. The monoisotopic (exact) mass is 583 g/mol. The number of aromatic hydroxyl groups is 1. The van der Waals surface area contributed by atoms with E-state index in [-0.39, 0.29) is 43.6 Å². The Morgan fingerprint density at radius 3 is 2.40 bits per heavy atom. The fourth-order valence-electron chi connectivity index (χ4n) is 5.96. The molecule has 0 spiro atoms. The maximum atomic E-state index is 13.7. The van der Waals surface area contributed by atoms with Crippen molar-refractivity contribution in [2.75, 3.05) is 27.6 Å². The van der Waals surface area contributed by atoms with Crippen molar-refractivity contribution < 1.29 is 42.8 Å². The number of benzene rings is 2. The van der Waals surface area contributed by atoms with Crippen LogP contribution >= 0.6 is 0 Å². The molecular formula is C28H26FN3O10. The summed E-state index contributed by atoms with van der Waals surface area (Å²) in [6, 6.07) is 6.07. The lowest BCUT2D eigenvalue weighted by atomic mass is 9.65. The first kappa shape index (κ1) is 27.2. The molecule has 13 nitrogen and oxygen atoms in total. The van der Waals surface area contributed by atoms with Crippen LogP contribution < -0.4 is 35.5 Å². The number of methoxy groups -OCH3 is 2. The van der Waals surface area contributed by atoms with Gasteiger partial charge in [0.1, 0.15) is 0 Å². The van der Waals surface area contributed by atoms with E-state index in [0.29, 0.717) is 28.2 Å². The lowest BCUT2D eigenvalue weighted by Crippen LogP contribution is -2.43. The van der Waals surface area contributed by atoms with E-state index in [1.807, 2.05) is 4.98 Å². The summed E-state index contributed by atoms with van der Waals surface area (Å²) in [6.45, 7) is -0.172. The number of fused-ring (bicyclic) bond motifs is 3. The van der Waals surface area contributed by atoms with Crippen molar-refractivity contribution in [3.8, 4) is 28.7 Å². The van der Waals surface area contributed by atoms with Crippen molar-refractivity contribution in [2.45, 2.75) is 24.9 Å². The molecule has 6 rings (SSSR count). The first-order chi connectivity index (χ1) is 20.2. The lowest BCUT2D eigenvalue weighted by molar-refractivity contribution is -0.141. The molecule has 4 atom stereocenters. The molecule has 3 aliphatic rings. The van der Waals surface area contributed by atoms with E-state index in [0.717, 1.165) is 10.8 Å². The number of phenolic OH excluding ortho intramolecular Hbond substituents is 1. The largest absolute Gasteiger partial charge is 0.502 e. The van der Waals surface area contributed by atoms with Gasteiger partial charge in [-0.3, -0.25) is 23.9 Å². The highest BCUT2D eigenvalue weighted by atomic mass is 19.1. The van der Waals surface area contributed by atoms with E-state index in [4.69, 9.17) is 23.7 Å². The number of amides is 1. The molecule has 1 fully saturated rings. The Labute approximate surface area is 236 Å². The topological polar surface area (TPSA) is 167 Å². The molecule has 1 saturated heterocycles. The van der Waals surface area contributed by atoms with Crippen LogP contribution in [0.5, 0.6) is 28.7 Å². The molecule has 3 aromatic rings. The summed E-state index contributed by atoms with van der Waals surface area (Å²) in [5, 5.41) is 13.5. The number of rotatable bonds is 7. The third-order valence-electron chi connectivity index (χ3n) is 7.91. The summed E-state index contributed by atoms with van der Waals surface area (Å²) in [6.07, 6.45) is 0.527. The molecular weight excluding hydrogens is 557 g/mol. The smallest absolute Gasteiger partial charge is 0.328 e. The van der Waals surface area contributed by atoms with Crippen LogP contribution in [0.25, 0.3) is 0 Å². The highest BCUT2D eigenvalue weighted by molar-refractivity contribution is 5.81. The van der Waals surface area contributed by atoms with Crippen molar-refractivity contribution in [1.29, 1.82) is 0 Å². The zero-order valence-corrected chi connectivity index (χ0v) is 22.5. The van der Waals surface area contributed by atoms with Gasteiger partial charge in [-0.15, -0.1) is 0 Å². The van der Waals surface area contributed by atoms with Gasteiger partial charge in [-0.1, -0.05) is 0 Å². The normalized spacial score (nSPS) is 21.7. The van der Waals surface area contributed by atoms with E-state index in [1.54, 1.807) is 24.3 Å². The third kappa shape index (κ3) is 4.48. The van der Waals surface area contributed by atoms with Gasteiger partial charge in [0.05, 0.1) is 39.0 Å². The zero-order chi connectivity index (χ0) is 29.7. The summed E-state index contributed by atoms with van der Waals surface area (Å²) in [4.78, 5) is 51.6. The number of aryl methyl sites for hydroxylation is 1. The van der Waals surface area contributed by atoms with Gasteiger partial charge in [0.2, 0.25) is 24.3 Å². The van der Waals surface area contributed by atoms with Crippen LogP contribution in [-0.4, -0.2) is 54.2 Å². The van der Waals surface area contributed by atoms with Crippen molar-refractivity contribution in [2.24, 2.45) is 11.8 Å². The fraction of sp³-hybridized carbons (Fsp3) is 0.357. The van der Waals surface area contributed by atoms with Crippen LogP contribution in [0.3, 0.4) is 0 Å². The minimum atomic E-state index is -1.15. The molecule has 1 amide bonds. The first-order valence-electron chi connectivity index (χ1n) is 13.0. The maximum Gasteiger partial charge on any atom is 0.328 e. The van der Waals surface area contributed by atoms with Gasteiger partial charge in [0.25, 0.3) is 5.56 Å². The lowest BCUT2D eigenvalue weighted by Gasteiger charge is -2.39. The fourth-order valence-corrected chi connectivity index (χ4v) is 5.96. The number of cyclic esters (lactones) is 1. The van der Waals surface area contributed by atoms with Gasteiger partial charge in [-0.25, -0.2) is 4.79 Å². The number of halogens is 1. The molecule has 14 heteroatoms. The molecule has 0 unspecified atom stereocenters. The minimum absolute atomic E-state index is 0.000151. The highest BCUT2D eigenvalue weighted by Crippen LogP contribution is 2.55. The molecule has 1 aliphatic carbocycles. The number of esters is 1. The van der Waals surface area contributed by atoms with Gasteiger partial charge < -0.3 is 34.1 Å². The predicted octanol–water partition coefficient (Wildman–Crippen LogP) is 1.31. The number of ether oxygens (including phenoxy) is 5. The quantitative estimate of drug-likeness (QED) is 0.345. The van der Waals surface area contributed by atoms with Gasteiger partial charge in [-0.2, -0.15) is 4.39 Å². The number of nitrogens with zero attached hydrogens (tertiary/aromatic N) is 1. The number of hydrogen-bond donors (Lipinski definition) is 3. The second kappa shape index (κ2) is 10.4. The third-order valence-corrected chi connectivity index (χ3v) is 7.91. The first-order valence-corrected chi connectivity index (χ1v) is 13.0. The van der Waals surface area contributed by atoms with Crippen LogP contribution in [0.1, 0.15) is 35.1 Å². The highest BCUT2D eigenvalue weighted by Gasteiger charge is 2.53. The molecule has 2 aromatic carbocycles. The Kier molecular flexibility index (Phi) is 6.75. The molecule has 2 aliphatic heterocycles. The molecule has 0 radical (unpaired) electrons. The number of carbonyl (C=O) groups excluding carboxylic acids is 2. The maximum absolute atomic E-state index is 13.7. The van der Waals surface area contributed by atoms with Crippen molar-refractivity contribution in [1.82, 2.24) is 14.9 Å². The van der Waals surface area contributed by atoms with Crippen LogP contribution in [0.4, 0.5) is 4.39 Å². The summed E-state index contributed by atoms with van der Waals surface area (Å²) in [5.74, 6) is -2.88. The van der Waals surface area contributed by atoms with E-state index in [1.165, 1.54) is 14.2 Å². The number of carbonyl (C=O) groups is 2. The van der Waals surface area contributed by atoms with E-state index in [2.05, 4.69) is 5.32 Å². The molecule has 0 saturated carbocycles. The van der Waals surface area contributed by atoms with E-state index >= 15 is 0 Å². The Morgan fingerprint density at radius 1 is 1.07 bits per heavy atom. The van der Waals surface area contributed by atoms with Crippen molar-refractivity contribution in [3.63, 3.8) is 0 Å². The average Bonchev–Trinajstić information content (AvgIpc) is 3.59. The van der Waals surface area contributed by atoms with Crippen molar-refractivity contribution >= 4 is 11.9 Å². The molecule has 3 heterocycles. The molecule has 3 N–H and O–H groups in total. The SMILES string of the molecule is COc1cc([C@@H]2c3cc4c(cc3[C@@H](NC(=O)CCn3cc(F)c(=O)[nH]c3=O)[C@H]3COC(=O)[C@H]23)OCO4)cc(OC)c1O. The molecule has 1 aromatic heterocycles. The predicted molar refractivity (Wildman–Crippen MR) is 140 cm³/mol. The number of aromatic amines is 1. The van der Waals surface area contributed by atoms with Crippen LogP contribution in [0.15, 0.2) is 40.1 Å². The minimum Gasteiger partial charge on any atom is -0.502 e. The van der Waals surface area contributed by atoms with Gasteiger partial charge >= 0.3 is 11.7 Å². The van der Waals surface area contributed by atoms with E-state index < -0.39 is 52.7 Å². The molecule has 42 heavy (non-hydrogen) atoms. The van der Waals surface area contributed by atoms with Crippen LogP contribution in [0.2, 0.25) is 0 Å². The zero-order valence-electron chi connectivity index (χ0n) is 22.5. The standard InChI is InChI=1S/C28H26FN3O10/c1-38-19-5-12(6-20(39-2)25(19)34)22-13-7-17-18(42-11-41-17)8-14(13)24(15-10-40-27(36)23(15)22)30-21(33)3-4-32-9-16(29)26(35)31-28(32)37/h5-9,15,22-24,34H,3-4,10-11H2,1-2H3,(H,30,33)(H,31,35,37)/t15-,22+,23-,24+/m0/s1. The Bertz CT molecular complexity index is 1690. The number of hydrogen-bond acceptors (Lipinski definition) is 10. The summed E-state index contributed by atoms with van der Waals surface area (Å²) >= 11 is 0. The Morgan fingerprint density at radius 2 is 1.74 bits per heavy atom. The molecule has 0 bridgehead atoms. The second-order valence-electron chi connectivity index (χ2n) is 10.1. The van der Waals surface area contributed by atoms with Gasteiger partial charge in [-0.05, 0) is 41.0 Å². The van der Waals surface area contributed by atoms with Crippen LogP contribution in [-0.2, 0) is 20.9 Å². The number of phenols is 1. The van der Waals surface area contributed by atoms with Crippen molar-refractivity contribution in [3.05, 3.63) is 73.8 Å². The number of H-pyrrole nitrogens is 1. The summed E-state index contributed by atoms with van der Waals surface area (Å²) in [7, 11) is 2.80.